The molecular formula is C15H18FNO3S. The third-order valence-corrected chi connectivity index (χ3v) is 4.69. The van der Waals surface area contributed by atoms with Crippen LogP contribution in [0.5, 0.6) is 0 Å². The first kappa shape index (κ1) is 15.8. The maximum absolute atomic E-state index is 12.8. The number of amides is 1. The molecule has 0 heterocycles. The van der Waals surface area contributed by atoms with Crippen LogP contribution in [-0.4, -0.2) is 28.8 Å². The lowest BCUT2D eigenvalue weighted by Crippen LogP contribution is -2.44. The lowest BCUT2D eigenvalue weighted by atomic mass is 10.1. The number of benzene rings is 1. The van der Waals surface area contributed by atoms with Crippen LogP contribution in [0.25, 0.3) is 0 Å². The Balaban J connectivity index is 1.81. The predicted octanol–water partition coefficient (Wildman–Crippen LogP) is 2.53. The summed E-state index contributed by atoms with van der Waals surface area (Å²) in [5, 5.41) is 11.7. The maximum Gasteiger partial charge on any atom is 0.326 e. The normalized spacial score (nSPS) is 17.0. The Morgan fingerprint density at radius 3 is 2.52 bits per heavy atom. The number of carboxylic acid groups (broad SMARTS) is 1. The first-order valence-electron chi connectivity index (χ1n) is 6.89. The van der Waals surface area contributed by atoms with E-state index in [0.717, 1.165) is 17.7 Å². The topological polar surface area (TPSA) is 66.4 Å². The average Bonchev–Trinajstić information content (AvgIpc) is 3.27. The molecule has 4 nitrogen and oxygen atoms in total. The Morgan fingerprint density at radius 2 is 2.00 bits per heavy atom. The molecule has 0 aromatic heterocycles. The lowest BCUT2D eigenvalue weighted by Gasteiger charge is -2.17. The lowest BCUT2D eigenvalue weighted by molar-refractivity contribution is -0.142. The van der Waals surface area contributed by atoms with Crippen molar-refractivity contribution in [3.05, 3.63) is 30.1 Å². The second-order valence-corrected chi connectivity index (χ2v) is 6.42. The van der Waals surface area contributed by atoms with Crippen LogP contribution in [-0.2, 0) is 9.59 Å². The molecule has 2 N–H and O–H groups in total. The second-order valence-electron chi connectivity index (χ2n) is 5.33. The maximum atomic E-state index is 12.8. The molecule has 2 unspecified atom stereocenters. The molecule has 0 bridgehead atoms. The van der Waals surface area contributed by atoms with E-state index in [1.54, 1.807) is 19.1 Å². The van der Waals surface area contributed by atoms with Gasteiger partial charge in [-0.1, -0.05) is 6.92 Å². The van der Waals surface area contributed by atoms with Crippen LogP contribution in [0.4, 0.5) is 4.39 Å². The quantitative estimate of drug-likeness (QED) is 0.759. The van der Waals surface area contributed by atoms with Gasteiger partial charge in [0.15, 0.2) is 0 Å². The van der Waals surface area contributed by atoms with Gasteiger partial charge in [-0.2, -0.15) is 0 Å². The number of halogens is 1. The highest BCUT2D eigenvalue weighted by Crippen LogP contribution is 2.33. The molecule has 0 spiro atoms. The molecule has 2 rings (SSSR count). The molecule has 1 aliphatic carbocycles. The molecule has 21 heavy (non-hydrogen) atoms. The molecule has 114 valence electrons. The number of carbonyl (C=O) groups is 2. The smallest absolute Gasteiger partial charge is 0.326 e. The largest absolute Gasteiger partial charge is 0.480 e. The minimum atomic E-state index is -0.968. The zero-order valence-electron chi connectivity index (χ0n) is 11.7. The predicted molar refractivity (Wildman–Crippen MR) is 78.6 cm³/mol. The summed E-state index contributed by atoms with van der Waals surface area (Å²) in [4.78, 5) is 24.0. The summed E-state index contributed by atoms with van der Waals surface area (Å²) in [6, 6.07) is 5.31. The van der Waals surface area contributed by atoms with Crippen molar-refractivity contribution in [2.75, 3.05) is 5.75 Å². The van der Waals surface area contributed by atoms with Gasteiger partial charge in [-0.3, -0.25) is 4.79 Å². The highest BCUT2D eigenvalue weighted by molar-refractivity contribution is 7.99. The van der Waals surface area contributed by atoms with Crippen molar-refractivity contribution in [3.63, 3.8) is 0 Å². The van der Waals surface area contributed by atoms with Crippen molar-refractivity contribution in [1.29, 1.82) is 0 Å². The van der Waals surface area contributed by atoms with Gasteiger partial charge >= 0.3 is 5.97 Å². The van der Waals surface area contributed by atoms with E-state index in [1.165, 1.54) is 23.9 Å². The summed E-state index contributed by atoms with van der Waals surface area (Å²) in [6.07, 6.45) is 1.71. The fraction of sp³-hybridized carbons (Fsp3) is 0.467. The van der Waals surface area contributed by atoms with Gasteiger partial charge in [-0.15, -0.1) is 11.8 Å². The van der Waals surface area contributed by atoms with E-state index in [1.807, 2.05) is 0 Å². The van der Waals surface area contributed by atoms with Crippen LogP contribution in [0.3, 0.4) is 0 Å². The number of carboxylic acids is 1. The average molecular weight is 311 g/mol. The van der Waals surface area contributed by atoms with Gasteiger partial charge in [-0.05, 0) is 43.0 Å². The Hall–Kier alpha value is -1.56. The molecule has 1 aliphatic rings. The number of rotatable bonds is 7. The SMILES string of the molecule is CC(CSc1ccc(F)cc1)C(=O)NC(C(=O)O)C1CC1. The molecule has 1 amide bonds. The molecule has 1 aromatic rings. The van der Waals surface area contributed by atoms with Crippen LogP contribution in [0, 0.1) is 17.7 Å². The number of thioether (sulfide) groups is 1. The second kappa shape index (κ2) is 6.93. The summed E-state index contributed by atoms with van der Waals surface area (Å²) in [7, 11) is 0. The van der Waals surface area contributed by atoms with Crippen LogP contribution in [0.2, 0.25) is 0 Å². The van der Waals surface area contributed by atoms with Crippen molar-refractivity contribution in [2.45, 2.75) is 30.7 Å². The monoisotopic (exact) mass is 311 g/mol. The van der Waals surface area contributed by atoms with Crippen molar-refractivity contribution in [2.24, 2.45) is 11.8 Å². The number of hydrogen-bond donors (Lipinski definition) is 2. The third kappa shape index (κ3) is 4.74. The first-order chi connectivity index (χ1) is 9.97. The minimum absolute atomic E-state index is 0.0726. The van der Waals surface area contributed by atoms with Gasteiger partial charge in [0.05, 0.1) is 0 Å². The van der Waals surface area contributed by atoms with Crippen LogP contribution >= 0.6 is 11.8 Å². The van der Waals surface area contributed by atoms with E-state index in [9.17, 15) is 14.0 Å². The molecule has 1 saturated carbocycles. The van der Waals surface area contributed by atoms with Crippen LogP contribution in [0.15, 0.2) is 29.2 Å². The number of aliphatic carboxylic acids is 1. The molecule has 0 saturated heterocycles. The van der Waals surface area contributed by atoms with Gasteiger partial charge < -0.3 is 10.4 Å². The third-order valence-electron chi connectivity index (χ3n) is 3.42. The van der Waals surface area contributed by atoms with E-state index < -0.39 is 12.0 Å². The number of nitrogens with one attached hydrogen (secondary N) is 1. The summed E-state index contributed by atoms with van der Waals surface area (Å²) < 4.78 is 12.8. The summed E-state index contributed by atoms with van der Waals surface area (Å²) >= 11 is 1.45. The Bertz CT molecular complexity index is 516. The summed E-state index contributed by atoms with van der Waals surface area (Å²) in [5.41, 5.74) is 0. The van der Waals surface area contributed by atoms with E-state index in [2.05, 4.69) is 5.32 Å². The zero-order chi connectivity index (χ0) is 15.4. The van der Waals surface area contributed by atoms with E-state index >= 15 is 0 Å². The summed E-state index contributed by atoms with van der Waals surface area (Å²) in [5.74, 6) is -1.22. The molecule has 1 aromatic carbocycles. The first-order valence-corrected chi connectivity index (χ1v) is 7.87. The molecule has 1 fully saturated rings. The highest BCUT2D eigenvalue weighted by Gasteiger charge is 2.37. The van der Waals surface area contributed by atoms with Crippen molar-refractivity contribution >= 4 is 23.6 Å². The van der Waals surface area contributed by atoms with Gasteiger partial charge in [0, 0.05) is 16.6 Å². The Kier molecular flexibility index (Phi) is 5.22. The molecule has 6 heteroatoms. The molecule has 0 radical (unpaired) electrons. The highest BCUT2D eigenvalue weighted by atomic mass is 32.2. The van der Waals surface area contributed by atoms with E-state index in [4.69, 9.17) is 5.11 Å². The number of carbonyl (C=O) groups excluding carboxylic acids is 1. The van der Waals surface area contributed by atoms with Gasteiger partial charge in [-0.25, -0.2) is 9.18 Å². The van der Waals surface area contributed by atoms with Crippen molar-refractivity contribution in [3.8, 4) is 0 Å². The standard InChI is InChI=1S/C15H18FNO3S/c1-9(8-21-12-6-4-11(16)5-7-12)14(18)17-13(15(19)20)10-2-3-10/h4-7,9-10,13H,2-3,8H2,1H3,(H,17,18)(H,19,20). The van der Waals surface area contributed by atoms with E-state index in [0.29, 0.717) is 5.75 Å². The summed E-state index contributed by atoms with van der Waals surface area (Å²) in [6.45, 7) is 1.76. The van der Waals surface area contributed by atoms with Gasteiger partial charge in [0.1, 0.15) is 11.9 Å². The molecule has 2 atom stereocenters. The van der Waals surface area contributed by atoms with Gasteiger partial charge in [0.2, 0.25) is 5.91 Å². The Labute approximate surface area is 127 Å². The van der Waals surface area contributed by atoms with Crippen molar-refractivity contribution < 1.29 is 19.1 Å². The zero-order valence-corrected chi connectivity index (χ0v) is 12.5. The van der Waals surface area contributed by atoms with Crippen LogP contribution < -0.4 is 5.32 Å². The number of hydrogen-bond acceptors (Lipinski definition) is 3. The fourth-order valence-corrected chi connectivity index (χ4v) is 2.86. The van der Waals surface area contributed by atoms with Crippen LogP contribution in [0.1, 0.15) is 19.8 Å². The van der Waals surface area contributed by atoms with E-state index in [-0.39, 0.29) is 23.6 Å². The minimum Gasteiger partial charge on any atom is -0.480 e. The van der Waals surface area contributed by atoms with Gasteiger partial charge in [0.25, 0.3) is 0 Å². The fourth-order valence-electron chi connectivity index (χ4n) is 1.93. The molecular weight excluding hydrogens is 293 g/mol. The Morgan fingerprint density at radius 1 is 1.38 bits per heavy atom. The van der Waals surface area contributed by atoms with Crippen molar-refractivity contribution in [1.82, 2.24) is 5.32 Å². The molecule has 0 aliphatic heterocycles.